The van der Waals surface area contributed by atoms with Crippen LogP contribution in [0.25, 0.3) is 0 Å². The summed E-state index contributed by atoms with van der Waals surface area (Å²) in [6, 6.07) is 3.36. The Morgan fingerprint density at radius 2 is 2.06 bits per heavy atom. The summed E-state index contributed by atoms with van der Waals surface area (Å²) in [5.41, 5.74) is -1.23. The lowest BCUT2D eigenvalue weighted by Gasteiger charge is -2.14. The number of amides is 1. The first-order valence-electron chi connectivity index (χ1n) is 5.08. The Morgan fingerprint density at radius 3 is 2.56 bits per heavy atom. The molecular formula is C11H13F3N2O2. The minimum absolute atomic E-state index is 0.0661. The van der Waals surface area contributed by atoms with Crippen LogP contribution in [0.2, 0.25) is 0 Å². The second-order valence-electron chi connectivity index (χ2n) is 3.49. The number of carbonyl (C=O) groups is 1. The Morgan fingerprint density at radius 1 is 1.39 bits per heavy atom. The zero-order valence-electron chi connectivity index (χ0n) is 9.89. The topological polar surface area (TPSA) is 50.4 Å². The summed E-state index contributed by atoms with van der Waals surface area (Å²) >= 11 is 0. The van der Waals surface area contributed by atoms with Crippen molar-refractivity contribution in [3.05, 3.63) is 23.8 Å². The molecule has 2 N–H and O–H groups in total. The number of carbonyl (C=O) groups excluding carboxylic acids is 1. The van der Waals surface area contributed by atoms with Crippen molar-refractivity contribution in [1.29, 1.82) is 0 Å². The molecule has 0 aliphatic rings. The third-order valence-corrected chi connectivity index (χ3v) is 2.14. The maximum absolute atomic E-state index is 12.8. The molecule has 18 heavy (non-hydrogen) atoms. The molecule has 0 fully saturated rings. The van der Waals surface area contributed by atoms with E-state index in [-0.39, 0.29) is 18.0 Å². The van der Waals surface area contributed by atoms with E-state index in [1.54, 1.807) is 0 Å². The fraction of sp³-hybridized carbons (Fsp3) is 0.364. The van der Waals surface area contributed by atoms with Crippen molar-refractivity contribution in [2.45, 2.75) is 6.18 Å². The predicted octanol–water partition coefficient (Wildman–Crippen LogP) is 1.87. The maximum atomic E-state index is 12.8. The first-order chi connectivity index (χ1) is 8.38. The molecule has 100 valence electrons. The van der Waals surface area contributed by atoms with Gasteiger partial charge in [-0.1, -0.05) is 0 Å². The SMILES string of the molecule is CNCC(=O)Nc1ccc(OC)cc1C(F)(F)F. The van der Waals surface area contributed by atoms with Gasteiger partial charge < -0.3 is 15.4 Å². The molecule has 4 nitrogen and oxygen atoms in total. The van der Waals surface area contributed by atoms with Gasteiger partial charge in [-0.25, -0.2) is 0 Å². The summed E-state index contributed by atoms with van der Waals surface area (Å²) in [4.78, 5) is 11.3. The second-order valence-corrected chi connectivity index (χ2v) is 3.49. The number of hydrogen-bond donors (Lipinski definition) is 2. The van der Waals surface area contributed by atoms with E-state index in [0.29, 0.717) is 0 Å². The Balaban J connectivity index is 3.07. The number of halogens is 3. The van der Waals surface area contributed by atoms with Crippen LogP contribution >= 0.6 is 0 Å². The van der Waals surface area contributed by atoms with Gasteiger partial charge in [-0.05, 0) is 25.2 Å². The highest BCUT2D eigenvalue weighted by Gasteiger charge is 2.34. The van der Waals surface area contributed by atoms with Crippen LogP contribution in [-0.4, -0.2) is 26.6 Å². The van der Waals surface area contributed by atoms with Crippen molar-refractivity contribution in [2.75, 3.05) is 26.0 Å². The molecule has 0 radical (unpaired) electrons. The van der Waals surface area contributed by atoms with Gasteiger partial charge in [0.1, 0.15) is 5.75 Å². The van der Waals surface area contributed by atoms with Gasteiger partial charge in [-0.2, -0.15) is 13.2 Å². The van der Waals surface area contributed by atoms with Crippen LogP contribution in [0.15, 0.2) is 18.2 Å². The third kappa shape index (κ3) is 3.63. The van der Waals surface area contributed by atoms with Gasteiger partial charge in [0.25, 0.3) is 0 Å². The number of anilines is 1. The molecule has 0 aliphatic carbocycles. The highest BCUT2D eigenvalue weighted by molar-refractivity contribution is 5.93. The molecule has 1 amide bonds. The Labute approximate surface area is 102 Å². The van der Waals surface area contributed by atoms with Crippen LogP contribution in [0.3, 0.4) is 0 Å². The van der Waals surface area contributed by atoms with E-state index in [4.69, 9.17) is 4.74 Å². The van der Waals surface area contributed by atoms with Crippen molar-refractivity contribution in [3.8, 4) is 5.75 Å². The Kier molecular flexibility index (Phi) is 4.55. The number of ether oxygens (including phenoxy) is 1. The van der Waals surface area contributed by atoms with E-state index in [0.717, 1.165) is 12.1 Å². The number of nitrogens with one attached hydrogen (secondary N) is 2. The minimum atomic E-state index is -4.56. The number of rotatable bonds is 4. The van der Waals surface area contributed by atoms with Gasteiger partial charge in [-0.15, -0.1) is 0 Å². The average molecular weight is 262 g/mol. The summed E-state index contributed by atoms with van der Waals surface area (Å²) in [7, 11) is 2.80. The fourth-order valence-electron chi connectivity index (χ4n) is 1.35. The van der Waals surface area contributed by atoms with E-state index in [1.165, 1.54) is 20.2 Å². The maximum Gasteiger partial charge on any atom is 0.418 e. The lowest BCUT2D eigenvalue weighted by Crippen LogP contribution is -2.26. The second kappa shape index (κ2) is 5.72. The smallest absolute Gasteiger partial charge is 0.418 e. The normalized spacial score (nSPS) is 11.2. The van der Waals surface area contributed by atoms with Crippen LogP contribution < -0.4 is 15.4 Å². The highest BCUT2D eigenvalue weighted by atomic mass is 19.4. The minimum Gasteiger partial charge on any atom is -0.497 e. The zero-order chi connectivity index (χ0) is 13.8. The quantitative estimate of drug-likeness (QED) is 0.871. The van der Waals surface area contributed by atoms with E-state index in [2.05, 4.69) is 10.6 Å². The summed E-state index contributed by atoms with van der Waals surface area (Å²) in [6.07, 6.45) is -4.56. The molecule has 0 heterocycles. The van der Waals surface area contributed by atoms with Crippen molar-refractivity contribution >= 4 is 11.6 Å². The zero-order valence-corrected chi connectivity index (χ0v) is 9.89. The molecule has 1 aromatic rings. The van der Waals surface area contributed by atoms with Crippen molar-refractivity contribution in [1.82, 2.24) is 5.32 Å². The number of hydrogen-bond acceptors (Lipinski definition) is 3. The fourth-order valence-corrected chi connectivity index (χ4v) is 1.35. The third-order valence-electron chi connectivity index (χ3n) is 2.14. The number of likely N-dealkylation sites (N-methyl/N-ethyl adjacent to an activating group) is 1. The van der Waals surface area contributed by atoms with E-state index in [1.807, 2.05) is 0 Å². The summed E-state index contributed by atoms with van der Waals surface area (Å²) in [5.74, 6) is -0.470. The van der Waals surface area contributed by atoms with Crippen molar-refractivity contribution in [2.24, 2.45) is 0 Å². The molecule has 1 rings (SSSR count). The molecule has 0 spiro atoms. The molecule has 0 atom stereocenters. The van der Waals surface area contributed by atoms with Gasteiger partial charge in [0.05, 0.1) is 24.9 Å². The van der Waals surface area contributed by atoms with Crippen LogP contribution in [0, 0.1) is 0 Å². The van der Waals surface area contributed by atoms with Gasteiger partial charge in [0.15, 0.2) is 0 Å². The first-order valence-corrected chi connectivity index (χ1v) is 5.08. The summed E-state index contributed by atoms with van der Waals surface area (Å²) in [6.45, 7) is -0.0661. The van der Waals surface area contributed by atoms with Gasteiger partial charge >= 0.3 is 6.18 Å². The van der Waals surface area contributed by atoms with E-state index >= 15 is 0 Å². The molecule has 0 saturated carbocycles. The van der Waals surface area contributed by atoms with Gasteiger partial charge in [0.2, 0.25) is 5.91 Å². The lowest BCUT2D eigenvalue weighted by molar-refractivity contribution is -0.137. The summed E-state index contributed by atoms with van der Waals surface area (Å²) < 4.78 is 43.1. The monoisotopic (exact) mass is 262 g/mol. The van der Waals surface area contributed by atoms with Gasteiger partial charge in [-0.3, -0.25) is 4.79 Å². The van der Waals surface area contributed by atoms with E-state index in [9.17, 15) is 18.0 Å². The molecule has 0 bridgehead atoms. The summed E-state index contributed by atoms with van der Waals surface area (Å²) in [5, 5.41) is 4.74. The molecule has 0 saturated heterocycles. The average Bonchev–Trinajstić information content (AvgIpc) is 2.28. The number of methoxy groups -OCH3 is 1. The molecule has 0 aromatic heterocycles. The Hall–Kier alpha value is -1.76. The number of alkyl halides is 3. The van der Waals surface area contributed by atoms with Crippen LogP contribution in [0.4, 0.5) is 18.9 Å². The highest BCUT2D eigenvalue weighted by Crippen LogP contribution is 2.37. The molecule has 0 aliphatic heterocycles. The lowest BCUT2D eigenvalue weighted by atomic mass is 10.1. The molecular weight excluding hydrogens is 249 g/mol. The first kappa shape index (κ1) is 14.3. The standard InChI is InChI=1S/C11H13F3N2O2/c1-15-6-10(17)16-9-4-3-7(18-2)5-8(9)11(12,13)14/h3-5,15H,6H2,1-2H3,(H,16,17). The predicted molar refractivity (Wildman–Crippen MR) is 60.6 cm³/mol. The van der Waals surface area contributed by atoms with Crippen molar-refractivity contribution < 1.29 is 22.7 Å². The van der Waals surface area contributed by atoms with Crippen LogP contribution in [0.5, 0.6) is 5.75 Å². The molecule has 1 aromatic carbocycles. The van der Waals surface area contributed by atoms with Crippen LogP contribution in [-0.2, 0) is 11.0 Å². The number of benzene rings is 1. The van der Waals surface area contributed by atoms with Crippen molar-refractivity contribution in [3.63, 3.8) is 0 Å². The largest absolute Gasteiger partial charge is 0.497 e. The molecule has 7 heteroatoms. The molecule has 0 unspecified atom stereocenters. The van der Waals surface area contributed by atoms with Gasteiger partial charge in [0, 0.05) is 0 Å². The van der Waals surface area contributed by atoms with E-state index < -0.39 is 17.6 Å². The van der Waals surface area contributed by atoms with Crippen LogP contribution in [0.1, 0.15) is 5.56 Å². The Bertz CT molecular complexity index is 433.